The highest BCUT2D eigenvalue weighted by molar-refractivity contribution is 5.59. The van der Waals surface area contributed by atoms with E-state index in [4.69, 9.17) is 4.98 Å². The van der Waals surface area contributed by atoms with Gasteiger partial charge in [-0.25, -0.2) is 4.98 Å². The van der Waals surface area contributed by atoms with Crippen molar-refractivity contribution in [1.82, 2.24) is 25.4 Å². The molecule has 2 atom stereocenters. The molecule has 0 bridgehead atoms. The number of hydrogen-bond acceptors (Lipinski definition) is 6. The first-order chi connectivity index (χ1) is 14.8. The van der Waals surface area contributed by atoms with E-state index in [2.05, 4.69) is 42.3 Å². The van der Waals surface area contributed by atoms with Crippen LogP contribution in [0.25, 0.3) is 0 Å². The number of nitriles is 1. The van der Waals surface area contributed by atoms with Gasteiger partial charge in [-0.05, 0) is 49.9 Å². The van der Waals surface area contributed by atoms with Crippen LogP contribution in [0, 0.1) is 11.3 Å². The molecule has 0 spiro atoms. The van der Waals surface area contributed by atoms with Gasteiger partial charge in [-0.1, -0.05) is 0 Å². The minimum atomic E-state index is 0.387. The fourth-order valence-electron chi connectivity index (χ4n) is 4.79. The molecule has 0 amide bonds. The summed E-state index contributed by atoms with van der Waals surface area (Å²) in [5, 5.41) is 24.2. The van der Waals surface area contributed by atoms with E-state index in [9.17, 15) is 5.26 Å². The minimum Gasteiger partial charge on any atom is -0.356 e. The second-order valence-electron chi connectivity index (χ2n) is 8.25. The number of rotatable bonds is 4. The molecular weight excluding hydrogens is 376 g/mol. The van der Waals surface area contributed by atoms with E-state index in [-0.39, 0.29) is 0 Å². The zero-order valence-electron chi connectivity index (χ0n) is 17.0. The van der Waals surface area contributed by atoms with Crippen molar-refractivity contribution < 1.29 is 0 Å². The van der Waals surface area contributed by atoms with Gasteiger partial charge in [-0.15, -0.1) is 0 Å². The fourth-order valence-corrected chi connectivity index (χ4v) is 4.79. The van der Waals surface area contributed by atoms with Crippen LogP contribution >= 0.6 is 0 Å². The summed E-state index contributed by atoms with van der Waals surface area (Å²) in [4.78, 5) is 9.61. The maximum absolute atomic E-state index is 9.71. The second-order valence-corrected chi connectivity index (χ2v) is 8.25. The Morgan fingerprint density at radius 2 is 1.50 bits per heavy atom. The first-order valence-corrected chi connectivity index (χ1v) is 10.7. The van der Waals surface area contributed by atoms with Crippen LogP contribution < -0.4 is 9.80 Å². The highest BCUT2D eigenvalue weighted by atomic mass is 15.3. The largest absolute Gasteiger partial charge is 0.356 e. The third kappa shape index (κ3) is 3.63. The van der Waals surface area contributed by atoms with Crippen molar-refractivity contribution in [2.45, 2.75) is 37.5 Å². The van der Waals surface area contributed by atoms with Gasteiger partial charge in [0, 0.05) is 61.8 Å². The molecule has 0 aliphatic carbocycles. The lowest BCUT2D eigenvalue weighted by atomic mass is 9.94. The number of nitrogens with one attached hydrogen (secondary N) is 2. The van der Waals surface area contributed by atoms with Crippen LogP contribution in [0.2, 0.25) is 0 Å². The van der Waals surface area contributed by atoms with E-state index in [1.165, 1.54) is 5.69 Å². The Kier molecular flexibility index (Phi) is 5.10. The van der Waals surface area contributed by atoms with Crippen LogP contribution in [-0.4, -0.2) is 51.6 Å². The molecule has 2 aliphatic rings. The van der Waals surface area contributed by atoms with Crippen molar-refractivity contribution in [1.29, 1.82) is 5.26 Å². The van der Waals surface area contributed by atoms with Crippen LogP contribution in [-0.2, 0) is 0 Å². The first-order valence-electron chi connectivity index (χ1n) is 10.7. The molecule has 2 fully saturated rings. The lowest BCUT2D eigenvalue weighted by molar-refractivity contribution is 0.492. The van der Waals surface area contributed by atoms with Crippen molar-refractivity contribution in [3.05, 3.63) is 53.6 Å². The van der Waals surface area contributed by atoms with Gasteiger partial charge in [0.1, 0.15) is 17.7 Å². The molecule has 2 saturated heterocycles. The van der Waals surface area contributed by atoms with E-state index in [0.717, 1.165) is 69.2 Å². The van der Waals surface area contributed by atoms with Gasteiger partial charge in [-0.2, -0.15) is 15.5 Å². The normalized spacial score (nSPS) is 22.1. The fraction of sp³-hybridized carbons (Fsp3) is 0.455. The molecule has 5 heterocycles. The topological polar surface area (TPSA) is 101 Å². The SMILES string of the molecule is N#Cc1ccc(N2CCCC(c3ccn[nH]3)C2)nc1N1CCCC(c2ccn[nH]2)C1. The molecule has 3 aromatic heterocycles. The number of nitrogens with zero attached hydrogens (tertiary/aromatic N) is 6. The maximum atomic E-state index is 9.71. The number of aromatic amines is 2. The van der Waals surface area contributed by atoms with Gasteiger partial charge >= 0.3 is 0 Å². The highest BCUT2D eigenvalue weighted by Crippen LogP contribution is 2.33. The van der Waals surface area contributed by atoms with Gasteiger partial charge in [0.25, 0.3) is 0 Å². The molecule has 30 heavy (non-hydrogen) atoms. The molecular formula is C22H26N8. The molecule has 2 aliphatic heterocycles. The van der Waals surface area contributed by atoms with Crippen LogP contribution in [0.1, 0.15) is 54.5 Å². The molecule has 3 aromatic rings. The van der Waals surface area contributed by atoms with Crippen LogP contribution in [0.15, 0.2) is 36.7 Å². The summed E-state index contributed by atoms with van der Waals surface area (Å²) in [5.74, 6) is 2.58. The van der Waals surface area contributed by atoms with Crippen molar-refractivity contribution in [2.24, 2.45) is 0 Å². The number of anilines is 2. The smallest absolute Gasteiger partial charge is 0.148 e. The standard InChI is InChI=1S/C22H26N8/c23-13-16-5-6-21(29-11-1-3-17(14-29)19-7-9-24-27-19)26-22(16)30-12-2-4-18(15-30)20-8-10-25-28-20/h5-10,17-18H,1-4,11-12,14-15H2,(H,24,27)(H,25,28). The molecule has 5 rings (SSSR count). The molecule has 8 nitrogen and oxygen atoms in total. The lowest BCUT2D eigenvalue weighted by Gasteiger charge is -2.36. The van der Waals surface area contributed by atoms with E-state index in [0.29, 0.717) is 17.4 Å². The van der Waals surface area contributed by atoms with Crippen molar-refractivity contribution in [3.63, 3.8) is 0 Å². The Hall–Kier alpha value is -3.34. The predicted octanol–water partition coefficient (Wildman–Crippen LogP) is 3.17. The number of piperidine rings is 2. The maximum Gasteiger partial charge on any atom is 0.148 e. The number of aromatic nitrogens is 5. The summed E-state index contributed by atoms with van der Waals surface area (Å²) in [7, 11) is 0. The molecule has 8 heteroatoms. The Morgan fingerprint density at radius 3 is 2.10 bits per heavy atom. The van der Waals surface area contributed by atoms with Gasteiger partial charge in [-0.3, -0.25) is 10.2 Å². The van der Waals surface area contributed by atoms with E-state index in [1.54, 1.807) is 6.20 Å². The molecule has 2 unspecified atom stereocenters. The Balaban J connectivity index is 1.39. The molecule has 0 aromatic carbocycles. The van der Waals surface area contributed by atoms with Gasteiger partial charge in [0.2, 0.25) is 0 Å². The van der Waals surface area contributed by atoms with Crippen LogP contribution in [0.4, 0.5) is 11.6 Å². The summed E-state index contributed by atoms with van der Waals surface area (Å²) >= 11 is 0. The van der Waals surface area contributed by atoms with Crippen LogP contribution in [0.3, 0.4) is 0 Å². The predicted molar refractivity (Wildman–Crippen MR) is 115 cm³/mol. The average molecular weight is 403 g/mol. The molecule has 2 N–H and O–H groups in total. The van der Waals surface area contributed by atoms with Gasteiger partial charge < -0.3 is 9.80 Å². The monoisotopic (exact) mass is 402 g/mol. The molecule has 0 radical (unpaired) electrons. The highest BCUT2D eigenvalue weighted by Gasteiger charge is 2.27. The lowest BCUT2D eigenvalue weighted by Crippen LogP contribution is -2.37. The first kappa shape index (κ1) is 18.7. The summed E-state index contributed by atoms with van der Waals surface area (Å²) in [6.45, 7) is 3.67. The third-order valence-corrected chi connectivity index (χ3v) is 6.37. The van der Waals surface area contributed by atoms with Gasteiger partial charge in [0.05, 0.1) is 5.56 Å². The zero-order chi connectivity index (χ0) is 20.3. The van der Waals surface area contributed by atoms with Crippen LogP contribution in [0.5, 0.6) is 0 Å². The van der Waals surface area contributed by atoms with Crippen molar-refractivity contribution in [3.8, 4) is 6.07 Å². The minimum absolute atomic E-state index is 0.387. The van der Waals surface area contributed by atoms with E-state index in [1.807, 2.05) is 24.4 Å². The molecule has 154 valence electrons. The third-order valence-electron chi connectivity index (χ3n) is 6.37. The summed E-state index contributed by atoms with van der Waals surface area (Å²) < 4.78 is 0. The quantitative estimate of drug-likeness (QED) is 0.695. The Morgan fingerprint density at radius 1 is 0.867 bits per heavy atom. The second kappa shape index (κ2) is 8.19. The van der Waals surface area contributed by atoms with Gasteiger partial charge in [0.15, 0.2) is 0 Å². The number of H-pyrrole nitrogens is 2. The van der Waals surface area contributed by atoms with Crippen molar-refractivity contribution >= 4 is 11.6 Å². The average Bonchev–Trinajstić information content (AvgIpc) is 3.53. The Labute approximate surface area is 175 Å². The summed E-state index contributed by atoms with van der Waals surface area (Å²) in [6, 6.07) is 10.4. The molecule has 0 saturated carbocycles. The Bertz CT molecular complexity index is 1000. The summed E-state index contributed by atoms with van der Waals surface area (Å²) in [6.07, 6.45) is 8.09. The zero-order valence-corrected chi connectivity index (χ0v) is 17.0. The number of pyridine rings is 1. The number of hydrogen-bond donors (Lipinski definition) is 2. The van der Waals surface area contributed by atoms with E-state index < -0.39 is 0 Å². The van der Waals surface area contributed by atoms with E-state index >= 15 is 0 Å². The van der Waals surface area contributed by atoms with Crippen molar-refractivity contribution in [2.75, 3.05) is 36.0 Å². The summed E-state index contributed by atoms with van der Waals surface area (Å²) in [5.41, 5.74) is 2.99.